The van der Waals surface area contributed by atoms with Crippen molar-refractivity contribution in [3.05, 3.63) is 66.7 Å². The van der Waals surface area contributed by atoms with Gasteiger partial charge in [-0.05, 0) is 24.1 Å². The van der Waals surface area contributed by atoms with Gasteiger partial charge in [0.05, 0.1) is 18.2 Å². The Morgan fingerprint density at radius 1 is 1.14 bits per heavy atom. The summed E-state index contributed by atoms with van der Waals surface area (Å²) < 4.78 is 2.26. The van der Waals surface area contributed by atoms with Crippen LogP contribution in [0.15, 0.2) is 61.2 Å². The maximum absolute atomic E-state index is 5.78. The molecule has 4 heteroatoms. The summed E-state index contributed by atoms with van der Waals surface area (Å²) in [6.07, 6.45) is 6.71. The van der Waals surface area contributed by atoms with Gasteiger partial charge in [-0.2, -0.15) is 0 Å². The van der Waals surface area contributed by atoms with Crippen molar-refractivity contribution in [1.29, 1.82) is 0 Å². The molecule has 0 bridgehead atoms. The van der Waals surface area contributed by atoms with Crippen LogP contribution in [-0.4, -0.2) is 14.5 Å². The molecular weight excluding hydrogens is 260 g/mol. The molecule has 2 atom stereocenters. The summed E-state index contributed by atoms with van der Waals surface area (Å²) in [7, 11) is 0. The van der Waals surface area contributed by atoms with Crippen LogP contribution in [0.5, 0.6) is 0 Å². The monoisotopic (exact) mass is 276 g/mol. The predicted molar refractivity (Wildman–Crippen MR) is 82.7 cm³/mol. The number of imidazole rings is 1. The van der Waals surface area contributed by atoms with E-state index in [0.29, 0.717) is 17.8 Å². The van der Waals surface area contributed by atoms with Gasteiger partial charge >= 0.3 is 0 Å². The van der Waals surface area contributed by atoms with Crippen LogP contribution in [0, 0.1) is 0 Å². The van der Waals surface area contributed by atoms with Crippen molar-refractivity contribution >= 4 is 5.82 Å². The first kappa shape index (κ1) is 12.1. The van der Waals surface area contributed by atoms with Crippen LogP contribution in [0.1, 0.15) is 23.9 Å². The van der Waals surface area contributed by atoms with E-state index in [4.69, 9.17) is 5.73 Å². The molecule has 2 N–H and O–H groups in total. The summed E-state index contributed by atoms with van der Waals surface area (Å²) in [6.45, 7) is 0. The van der Waals surface area contributed by atoms with Gasteiger partial charge < -0.3 is 10.3 Å². The Morgan fingerprint density at radius 3 is 2.81 bits per heavy atom. The zero-order chi connectivity index (χ0) is 14.2. The molecule has 2 unspecified atom stereocenters. The number of anilines is 1. The Balaban J connectivity index is 1.65. The second kappa shape index (κ2) is 4.74. The molecule has 21 heavy (non-hydrogen) atoms. The number of nitrogens with zero attached hydrogens (tertiary/aromatic N) is 3. The maximum Gasteiger partial charge on any atom is 0.123 e. The first-order chi connectivity index (χ1) is 10.3. The molecule has 0 aliphatic heterocycles. The van der Waals surface area contributed by atoms with E-state index in [9.17, 15) is 0 Å². The fraction of sp³-hybridized carbons (Fsp3) is 0.176. The van der Waals surface area contributed by atoms with E-state index in [0.717, 1.165) is 17.7 Å². The minimum absolute atomic E-state index is 0.485. The highest BCUT2D eigenvalue weighted by Crippen LogP contribution is 2.52. The largest absolute Gasteiger partial charge is 0.384 e. The Bertz CT molecular complexity index is 763. The molecule has 2 aromatic heterocycles. The Morgan fingerprint density at radius 2 is 2.00 bits per heavy atom. The number of hydrogen-bond acceptors (Lipinski definition) is 3. The fourth-order valence-corrected chi connectivity index (χ4v) is 2.95. The number of benzene rings is 1. The van der Waals surface area contributed by atoms with Gasteiger partial charge in [0.1, 0.15) is 5.82 Å². The lowest BCUT2D eigenvalue weighted by molar-refractivity contribution is 0.723. The molecule has 4 rings (SSSR count). The number of hydrogen-bond donors (Lipinski definition) is 1. The summed E-state index contributed by atoms with van der Waals surface area (Å²) in [5, 5.41) is 0. The third kappa shape index (κ3) is 2.18. The number of nitrogens with two attached hydrogens (primary N) is 1. The molecule has 2 heterocycles. The molecule has 1 aromatic carbocycles. The lowest BCUT2D eigenvalue weighted by Gasteiger charge is -2.08. The topological polar surface area (TPSA) is 56.7 Å². The predicted octanol–water partition coefficient (Wildman–Crippen LogP) is 3.26. The fourth-order valence-electron chi connectivity index (χ4n) is 2.95. The Hall–Kier alpha value is -2.62. The van der Waals surface area contributed by atoms with Crippen LogP contribution in [0.4, 0.5) is 5.82 Å². The van der Waals surface area contributed by atoms with Crippen LogP contribution in [0.25, 0.3) is 11.3 Å². The highest BCUT2D eigenvalue weighted by atomic mass is 15.1. The maximum atomic E-state index is 5.78. The third-order valence-corrected chi connectivity index (χ3v) is 4.08. The van der Waals surface area contributed by atoms with Crippen molar-refractivity contribution in [2.45, 2.75) is 18.4 Å². The molecular formula is C17H16N4. The van der Waals surface area contributed by atoms with Gasteiger partial charge in [-0.15, -0.1) is 0 Å². The average Bonchev–Trinajstić information content (AvgIpc) is 3.16. The van der Waals surface area contributed by atoms with E-state index in [2.05, 4.69) is 44.9 Å². The van der Waals surface area contributed by atoms with Gasteiger partial charge in [0.2, 0.25) is 0 Å². The molecule has 1 fully saturated rings. The SMILES string of the molecule is Nc1cc(-c2cncn2C2CC2c2ccccc2)ccn1. The molecule has 0 radical (unpaired) electrons. The lowest BCUT2D eigenvalue weighted by Crippen LogP contribution is -1.98. The van der Waals surface area contributed by atoms with E-state index in [1.165, 1.54) is 5.56 Å². The van der Waals surface area contributed by atoms with Crippen molar-refractivity contribution in [1.82, 2.24) is 14.5 Å². The van der Waals surface area contributed by atoms with Crippen molar-refractivity contribution in [2.24, 2.45) is 0 Å². The minimum atomic E-state index is 0.485. The molecule has 4 nitrogen and oxygen atoms in total. The van der Waals surface area contributed by atoms with E-state index in [1.54, 1.807) is 6.20 Å². The molecule has 0 spiro atoms. The van der Waals surface area contributed by atoms with Crippen LogP contribution >= 0.6 is 0 Å². The zero-order valence-electron chi connectivity index (χ0n) is 11.6. The number of pyridine rings is 1. The second-order valence-corrected chi connectivity index (χ2v) is 5.48. The smallest absolute Gasteiger partial charge is 0.123 e. The van der Waals surface area contributed by atoms with Gasteiger partial charge in [-0.1, -0.05) is 30.3 Å². The molecule has 1 aliphatic carbocycles. The van der Waals surface area contributed by atoms with Gasteiger partial charge in [-0.3, -0.25) is 0 Å². The molecule has 104 valence electrons. The van der Waals surface area contributed by atoms with Gasteiger partial charge in [0.15, 0.2) is 0 Å². The minimum Gasteiger partial charge on any atom is -0.384 e. The molecule has 1 aliphatic rings. The summed E-state index contributed by atoms with van der Waals surface area (Å²) in [6, 6.07) is 15.0. The van der Waals surface area contributed by atoms with Crippen LogP contribution < -0.4 is 5.73 Å². The molecule has 0 saturated heterocycles. The highest BCUT2D eigenvalue weighted by molar-refractivity contribution is 5.62. The van der Waals surface area contributed by atoms with Crippen molar-refractivity contribution in [2.75, 3.05) is 5.73 Å². The average molecular weight is 276 g/mol. The number of aromatic nitrogens is 3. The van der Waals surface area contributed by atoms with Gasteiger partial charge in [-0.25, -0.2) is 9.97 Å². The summed E-state index contributed by atoms with van der Waals surface area (Å²) >= 11 is 0. The molecule has 3 aromatic rings. The van der Waals surface area contributed by atoms with E-state index in [-0.39, 0.29) is 0 Å². The second-order valence-electron chi connectivity index (χ2n) is 5.48. The lowest BCUT2D eigenvalue weighted by atomic mass is 10.1. The summed E-state index contributed by atoms with van der Waals surface area (Å²) in [5.41, 5.74) is 9.36. The standard InChI is InChI=1S/C17H16N4/c18-17-8-13(6-7-20-17)16-10-19-11-21(16)15-9-14(15)12-4-2-1-3-5-12/h1-8,10-11,14-15H,9H2,(H2,18,20). The van der Waals surface area contributed by atoms with E-state index < -0.39 is 0 Å². The van der Waals surface area contributed by atoms with Crippen LogP contribution in [-0.2, 0) is 0 Å². The quantitative estimate of drug-likeness (QED) is 0.799. The first-order valence-electron chi connectivity index (χ1n) is 7.11. The van der Waals surface area contributed by atoms with Gasteiger partial charge in [0.25, 0.3) is 0 Å². The summed E-state index contributed by atoms with van der Waals surface area (Å²) in [5.74, 6) is 1.12. The first-order valence-corrected chi connectivity index (χ1v) is 7.11. The normalized spacial score (nSPS) is 20.4. The van der Waals surface area contributed by atoms with E-state index >= 15 is 0 Å². The summed E-state index contributed by atoms with van der Waals surface area (Å²) in [4.78, 5) is 8.37. The van der Waals surface area contributed by atoms with Crippen LogP contribution in [0.3, 0.4) is 0 Å². The van der Waals surface area contributed by atoms with Crippen molar-refractivity contribution in [3.63, 3.8) is 0 Å². The number of nitrogen functional groups attached to an aromatic ring is 1. The number of rotatable bonds is 3. The Kier molecular flexibility index (Phi) is 2.74. The van der Waals surface area contributed by atoms with Crippen molar-refractivity contribution < 1.29 is 0 Å². The van der Waals surface area contributed by atoms with Crippen LogP contribution in [0.2, 0.25) is 0 Å². The highest BCUT2D eigenvalue weighted by Gasteiger charge is 2.40. The third-order valence-electron chi connectivity index (χ3n) is 4.08. The van der Waals surface area contributed by atoms with E-state index in [1.807, 2.05) is 24.7 Å². The Labute approximate surface area is 123 Å². The molecule has 1 saturated carbocycles. The molecule has 0 amide bonds. The van der Waals surface area contributed by atoms with Gasteiger partial charge in [0, 0.05) is 23.7 Å². The zero-order valence-corrected chi connectivity index (χ0v) is 11.6. The van der Waals surface area contributed by atoms with Crippen molar-refractivity contribution in [3.8, 4) is 11.3 Å².